The topological polar surface area (TPSA) is 93.8 Å². The van der Waals surface area contributed by atoms with E-state index in [-0.39, 0.29) is 6.54 Å². The predicted octanol–water partition coefficient (Wildman–Crippen LogP) is 4.77. The van der Waals surface area contributed by atoms with Crippen LogP contribution in [0.15, 0.2) is 71.9 Å². The monoisotopic (exact) mass is 377 g/mol. The maximum Gasteiger partial charge on any atom is 0.211 e. The molecule has 0 saturated carbocycles. The van der Waals surface area contributed by atoms with Crippen molar-refractivity contribution < 1.29 is 9.53 Å². The van der Waals surface area contributed by atoms with E-state index in [1.54, 1.807) is 19.2 Å². The third kappa shape index (κ3) is 5.95. The molecule has 0 aromatic heterocycles. The number of ether oxygens (including phenoxy) is 1. The Morgan fingerprint density at radius 2 is 1.64 bits per heavy atom. The van der Waals surface area contributed by atoms with E-state index in [1.165, 1.54) is 5.56 Å². The molecule has 1 amide bonds. The Kier molecular flexibility index (Phi) is 7.72. The number of amides is 1. The SMILES string of the molecule is COc1ccc(C)cc1.Nc1ccc(-c2ccc(CN=O)cc2)cc1NC=O. The summed E-state index contributed by atoms with van der Waals surface area (Å²) in [5, 5.41) is 5.40. The molecule has 6 heteroatoms. The Morgan fingerprint density at radius 3 is 2.21 bits per heavy atom. The minimum absolute atomic E-state index is 0.167. The van der Waals surface area contributed by atoms with Crippen molar-refractivity contribution in [2.24, 2.45) is 5.18 Å². The lowest BCUT2D eigenvalue weighted by Crippen LogP contribution is -1.99. The summed E-state index contributed by atoms with van der Waals surface area (Å²) in [7, 11) is 1.67. The van der Waals surface area contributed by atoms with Crippen molar-refractivity contribution in [2.75, 3.05) is 18.2 Å². The van der Waals surface area contributed by atoms with E-state index in [9.17, 15) is 9.70 Å². The third-order valence-corrected chi connectivity index (χ3v) is 4.06. The fourth-order valence-corrected chi connectivity index (χ4v) is 2.48. The fraction of sp³-hybridized carbons (Fsp3) is 0.136. The summed E-state index contributed by atoms with van der Waals surface area (Å²) in [6.45, 7) is 2.22. The highest BCUT2D eigenvalue weighted by Gasteiger charge is 2.03. The molecule has 28 heavy (non-hydrogen) atoms. The van der Waals surface area contributed by atoms with Crippen LogP contribution >= 0.6 is 0 Å². The van der Waals surface area contributed by atoms with Gasteiger partial charge in [-0.15, -0.1) is 0 Å². The highest BCUT2D eigenvalue weighted by molar-refractivity contribution is 5.83. The zero-order valence-electron chi connectivity index (χ0n) is 15.9. The molecule has 0 spiro atoms. The second kappa shape index (κ2) is 10.5. The summed E-state index contributed by atoms with van der Waals surface area (Å²) in [6.07, 6.45) is 0.592. The Morgan fingerprint density at radius 1 is 1.00 bits per heavy atom. The van der Waals surface area contributed by atoms with Gasteiger partial charge < -0.3 is 15.8 Å². The van der Waals surface area contributed by atoms with E-state index in [2.05, 4.69) is 17.4 Å². The van der Waals surface area contributed by atoms with Crippen LogP contribution in [0.5, 0.6) is 5.75 Å². The molecule has 6 nitrogen and oxygen atoms in total. The van der Waals surface area contributed by atoms with Crippen LogP contribution in [0.25, 0.3) is 11.1 Å². The van der Waals surface area contributed by atoms with Gasteiger partial charge in [0, 0.05) is 0 Å². The van der Waals surface area contributed by atoms with E-state index in [0.717, 1.165) is 22.4 Å². The number of benzene rings is 3. The first-order valence-electron chi connectivity index (χ1n) is 8.66. The van der Waals surface area contributed by atoms with Gasteiger partial charge in [0.15, 0.2) is 0 Å². The number of nitrogens with one attached hydrogen (secondary N) is 1. The molecule has 3 rings (SSSR count). The molecule has 3 aromatic rings. The van der Waals surface area contributed by atoms with Crippen LogP contribution in [0.2, 0.25) is 0 Å². The normalized spacial score (nSPS) is 9.64. The molecule has 0 bridgehead atoms. The summed E-state index contributed by atoms with van der Waals surface area (Å²) in [5.41, 5.74) is 10.9. The van der Waals surface area contributed by atoms with Crippen molar-refractivity contribution in [3.8, 4) is 16.9 Å². The summed E-state index contributed by atoms with van der Waals surface area (Å²) in [4.78, 5) is 20.7. The van der Waals surface area contributed by atoms with Crippen LogP contribution in [0.3, 0.4) is 0 Å². The lowest BCUT2D eigenvalue weighted by Gasteiger charge is -2.08. The largest absolute Gasteiger partial charge is 0.497 e. The van der Waals surface area contributed by atoms with Crippen molar-refractivity contribution in [3.05, 3.63) is 82.8 Å². The number of hydrogen-bond donors (Lipinski definition) is 2. The van der Waals surface area contributed by atoms with Crippen molar-refractivity contribution in [1.29, 1.82) is 0 Å². The lowest BCUT2D eigenvalue weighted by molar-refractivity contribution is -0.105. The number of carbonyl (C=O) groups excluding carboxylic acids is 1. The minimum atomic E-state index is 0.167. The molecule has 0 fully saturated rings. The van der Waals surface area contributed by atoms with Crippen LogP contribution in [0, 0.1) is 11.8 Å². The number of nitrogen functional groups attached to an aromatic ring is 1. The van der Waals surface area contributed by atoms with E-state index in [0.29, 0.717) is 17.8 Å². The number of methoxy groups -OCH3 is 1. The number of nitrogens with zero attached hydrogens (tertiary/aromatic N) is 1. The summed E-state index contributed by atoms with van der Waals surface area (Å²) >= 11 is 0. The maximum atomic E-state index is 10.5. The number of rotatable bonds is 6. The van der Waals surface area contributed by atoms with Crippen molar-refractivity contribution in [2.45, 2.75) is 13.5 Å². The first kappa shape index (κ1) is 20.6. The smallest absolute Gasteiger partial charge is 0.211 e. The number of anilines is 2. The third-order valence-electron chi connectivity index (χ3n) is 4.06. The van der Waals surface area contributed by atoms with E-state index >= 15 is 0 Å². The average molecular weight is 377 g/mol. The Hall–Kier alpha value is -3.67. The Balaban J connectivity index is 0.000000261. The van der Waals surface area contributed by atoms with E-state index < -0.39 is 0 Å². The van der Waals surface area contributed by atoms with Gasteiger partial charge in [0.1, 0.15) is 12.3 Å². The van der Waals surface area contributed by atoms with Gasteiger partial charge in [-0.1, -0.05) is 53.2 Å². The van der Waals surface area contributed by atoms with Gasteiger partial charge in [0.2, 0.25) is 6.41 Å². The molecule has 0 atom stereocenters. The van der Waals surface area contributed by atoms with Crippen LogP contribution in [-0.2, 0) is 11.3 Å². The number of hydrogen-bond acceptors (Lipinski definition) is 5. The average Bonchev–Trinajstić information content (AvgIpc) is 2.72. The molecule has 3 N–H and O–H groups in total. The highest BCUT2D eigenvalue weighted by Crippen LogP contribution is 2.27. The fourth-order valence-electron chi connectivity index (χ4n) is 2.48. The number of nitroso groups, excluding NO2 is 1. The number of aryl methyl sites for hydroxylation is 1. The predicted molar refractivity (Wildman–Crippen MR) is 113 cm³/mol. The van der Waals surface area contributed by atoms with Crippen LogP contribution < -0.4 is 15.8 Å². The zero-order valence-corrected chi connectivity index (χ0v) is 15.9. The summed E-state index contributed by atoms with van der Waals surface area (Å²) < 4.78 is 4.97. The van der Waals surface area contributed by atoms with Gasteiger partial charge in [-0.2, -0.15) is 4.91 Å². The Labute approximate surface area is 164 Å². The molecule has 0 aliphatic carbocycles. The van der Waals surface area contributed by atoms with Gasteiger partial charge in [-0.05, 0) is 47.9 Å². The zero-order chi connectivity index (χ0) is 20.4. The minimum Gasteiger partial charge on any atom is -0.497 e. The molecule has 0 saturated heterocycles. The van der Waals surface area contributed by atoms with Crippen LogP contribution in [-0.4, -0.2) is 13.5 Å². The van der Waals surface area contributed by atoms with Gasteiger partial charge in [0.05, 0.1) is 18.5 Å². The molecule has 144 valence electrons. The van der Waals surface area contributed by atoms with Gasteiger partial charge in [-0.25, -0.2) is 0 Å². The van der Waals surface area contributed by atoms with Crippen LogP contribution in [0.4, 0.5) is 11.4 Å². The van der Waals surface area contributed by atoms with Crippen molar-refractivity contribution >= 4 is 17.8 Å². The van der Waals surface area contributed by atoms with Gasteiger partial charge >= 0.3 is 0 Å². The van der Waals surface area contributed by atoms with Crippen LogP contribution in [0.1, 0.15) is 11.1 Å². The second-order valence-corrected chi connectivity index (χ2v) is 6.07. The molecule has 0 radical (unpaired) electrons. The van der Waals surface area contributed by atoms with E-state index in [4.69, 9.17) is 10.5 Å². The summed E-state index contributed by atoms with van der Waals surface area (Å²) in [5.74, 6) is 0.917. The van der Waals surface area contributed by atoms with Gasteiger partial charge in [0.25, 0.3) is 0 Å². The molecule has 3 aromatic carbocycles. The Bertz CT molecular complexity index is 907. The molecule has 0 aliphatic heterocycles. The maximum absolute atomic E-state index is 10.5. The van der Waals surface area contributed by atoms with Crippen molar-refractivity contribution in [3.63, 3.8) is 0 Å². The van der Waals surface area contributed by atoms with E-state index in [1.807, 2.05) is 54.6 Å². The molecule has 0 unspecified atom stereocenters. The molecular formula is C22H23N3O3. The molecular weight excluding hydrogens is 354 g/mol. The number of carbonyl (C=O) groups is 1. The standard InChI is InChI=1S/C14H13N3O2.C8H10O/c15-13-6-5-12(7-14(13)16-9-18)11-3-1-10(2-4-11)8-17-19;1-7-3-5-8(9-2)6-4-7/h1-7,9H,8,15H2,(H,16,18);3-6H,1-2H3. The first-order valence-corrected chi connectivity index (χ1v) is 8.66. The summed E-state index contributed by atoms with van der Waals surface area (Å²) in [6, 6.07) is 20.9. The molecule has 0 heterocycles. The first-order chi connectivity index (χ1) is 13.6. The number of nitrogens with two attached hydrogens (primary N) is 1. The second-order valence-electron chi connectivity index (χ2n) is 6.07. The molecule has 0 aliphatic rings. The highest BCUT2D eigenvalue weighted by atomic mass is 16.5. The lowest BCUT2D eigenvalue weighted by atomic mass is 10.0. The van der Waals surface area contributed by atoms with Crippen molar-refractivity contribution in [1.82, 2.24) is 0 Å². The van der Waals surface area contributed by atoms with Gasteiger partial charge in [-0.3, -0.25) is 4.79 Å². The quantitative estimate of drug-likeness (QED) is 0.367.